The number of rotatable bonds is 3. The second-order valence-electron chi connectivity index (χ2n) is 9.17. The lowest BCUT2D eigenvalue weighted by Gasteiger charge is -2.17. The first kappa shape index (κ1) is 21.2. The maximum Gasteiger partial charge on any atom is 0.0471 e. The second-order valence-corrected chi connectivity index (χ2v) is 10.0. The van der Waals surface area contributed by atoms with Gasteiger partial charge in [0.25, 0.3) is 0 Å². The molecule has 1 aromatic heterocycles. The lowest BCUT2D eigenvalue weighted by atomic mass is 9.88. The van der Waals surface area contributed by atoms with E-state index in [2.05, 4.69) is 148 Å². The maximum absolute atomic E-state index is 3.94. The number of benzene rings is 6. The van der Waals surface area contributed by atoms with Gasteiger partial charge in [-0.15, -0.1) is 0 Å². The van der Waals surface area contributed by atoms with Crippen molar-refractivity contribution in [2.45, 2.75) is 0 Å². The van der Waals surface area contributed by atoms with Gasteiger partial charge in [-0.2, -0.15) is 0 Å². The molecule has 0 spiro atoms. The Kier molecular flexibility index (Phi) is 5.00. The Labute approximate surface area is 218 Å². The summed E-state index contributed by atoms with van der Waals surface area (Å²) in [6.07, 6.45) is 0. The van der Waals surface area contributed by atoms with E-state index in [1.165, 1.54) is 54.9 Å². The van der Waals surface area contributed by atoms with Gasteiger partial charge in [-0.3, -0.25) is 0 Å². The smallest absolute Gasteiger partial charge is 0.0471 e. The number of nitrogens with one attached hydrogen (secondary N) is 1. The van der Waals surface area contributed by atoms with Crippen LogP contribution in [0.5, 0.6) is 0 Å². The average Bonchev–Trinajstić information content (AvgIpc) is 3.32. The summed E-state index contributed by atoms with van der Waals surface area (Å²) >= 11 is 3.94. The zero-order chi connectivity index (χ0) is 24.1. The van der Waals surface area contributed by atoms with E-state index < -0.39 is 0 Å². The molecular formula is C34H22BrN. The Hall–Kier alpha value is -4.14. The molecule has 1 N–H and O–H groups in total. The lowest BCUT2D eigenvalue weighted by molar-refractivity contribution is 1.54. The third kappa shape index (κ3) is 3.37. The van der Waals surface area contributed by atoms with Crippen molar-refractivity contribution >= 4 is 48.5 Å². The highest BCUT2D eigenvalue weighted by Crippen LogP contribution is 2.47. The number of H-pyrrole nitrogens is 1. The molecule has 0 atom stereocenters. The molecule has 2 heteroatoms. The first-order valence-electron chi connectivity index (χ1n) is 12.1. The van der Waals surface area contributed by atoms with E-state index in [1.54, 1.807) is 0 Å². The molecule has 1 nitrogen and oxygen atoms in total. The molecule has 0 saturated heterocycles. The molecule has 0 unspecified atom stereocenters. The molecule has 0 bridgehead atoms. The predicted molar refractivity (Wildman–Crippen MR) is 157 cm³/mol. The van der Waals surface area contributed by atoms with Crippen molar-refractivity contribution in [2.24, 2.45) is 0 Å². The predicted octanol–water partition coefficient (Wildman–Crippen LogP) is 10.2. The molecule has 0 aliphatic rings. The summed E-state index contributed by atoms with van der Waals surface area (Å²) in [6, 6.07) is 45.6. The standard InChI is InChI=1S/C34H22BrN/c35-29-18-15-24-13-7-8-14-26(24)32(29)34-27(23-11-5-2-6-12-23)17-20-31-33(34)28-21-25(16-19-30(28)36-31)22-9-3-1-4-10-22/h1-21,36H. The zero-order valence-corrected chi connectivity index (χ0v) is 21.1. The van der Waals surface area contributed by atoms with Gasteiger partial charge in [-0.1, -0.05) is 119 Å². The largest absolute Gasteiger partial charge is 0.354 e. The van der Waals surface area contributed by atoms with Crippen LogP contribution in [0, 0.1) is 0 Å². The van der Waals surface area contributed by atoms with Crippen LogP contribution in [0.1, 0.15) is 0 Å². The van der Waals surface area contributed by atoms with E-state index in [0.29, 0.717) is 0 Å². The molecule has 170 valence electrons. The van der Waals surface area contributed by atoms with Gasteiger partial charge < -0.3 is 4.98 Å². The fourth-order valence-corrected chi connectivity index (χ4v) is 5.96. The number of aromatic nitrogens is 1. The van der Waals surface area contributed by atoms with Crippen molar-refractivity contribution in [3.05, 3.63) is 132 Å². The molecule has 0 fully saturated rings. The highest BCUT2D eigenvalue weighted by Gasteiger charge is 2.20. The Balaban J connectivity index is 1.66. The molecule has 7 aromatic rings. The minimum Gasteiger partial charge on any atom is -0.354 e. The monoisotopic (exact) mass is 523 g/mol. The highest BCUT2D eigenvalue weighted by atomic mass is 79.9. The van der Waals surface area contributed by atoms with Gasteiger partial charge >= 0.3 is 0 Å². The molecule has 0 radical (unpaired) electrons. The highest BCUT2D eigenvalue weighted by molar-refractivity contribution is 9.10. The molecule has 1 heterocycles. The van der Waals surface area contributed by atoms with E-state index in [-0.39, 0.29) is 0 Å². The van der Waals surface area contributed by atoms with Gasteiger partial charge in [-0.25, -0.2) is 0 Å². The molecule has 7 rings (SSSR count). The quantitative estimate of drug-likeness (QED) is 0.237. The summed E-state index contributed by atoms with van der Waals surface area (Å²) in [7, 11) is 0. The van der Waals surface area contributed by atoms with Crippen molar-refractivity contribution in [2.75, 3.05) is 0 Å². The molecular weight excluding hydrogens is 502 g/mol. The van der Waals surface area contributed by atoms with E-state index in [0.717, 1.165) is 15.5 Å². The first-order chi connectivity index (χ1) is 17.8. The van der Waals surface area contributed by atoms with Gasteiger partial charge in [0.15, 0.2) is 0 Å². The third-order valence-electron chi connectivity index (χ3n) is 7.08. The summed E-state index contributed by atoms with van der Waals surface area (Å²) < 4.78 is 1.10. The second kappa shape index (κ2) is 8.51. The van der Waals surface area contributed by atoms with Gasteiger partial charge in [0.05, 0.1) is 0 Å². The molecule has 0 amide bonds. The summed E-state index contributed by atoms with van der Waals surface area (Å²) in [4.78, 5) is 3.70. The SMILES string of the molecule is Brc1ccc2ccccc2c1-c1c(-c2ccccc2)ccc2[nH]c3ccc(-c4ccccc4)cc3c12. The maximum atomic E-state index is 3.94. The van der Waals surface area contributed by atoms with Crippen LogP contribution in [0.3, 0.4) is 0 Å². The third-order valence-corrected chi connectivity index (χ3v) is 7.74. The number of halogens is 1. The summed E-state index contributed by atoms with van der Waals surface area (Å²) in [5.74, 6) is 0. The van der Waals surface area contributed by atoms with Crippen LogP contribution >= 0.6 is 15.9 Å². The average molecular weight is 524 g/mol. The van der Waals surface area contributed by atoms with E-state index in [4.69, 9.17) is 0 Å². The lowest BCUT2D eigenvalue weighted by Crippen LogP contribution is -1.90. The van der Waals surface area contributed by atoms with E-state index in [1.807, 2.05) is 0 Å². The Morgan fingerprint density at radius 3 is 1.97 bits per heavy atom. The zero-order valence-electron chi connectivity index (χ0n) is 19.5. The van der Waals surface area contributed by atoms with Crippen LogP contribution in [-0.2, 0) is 0 Å². The van der Waals surface area contributed by atoms with Gasteiger partial charge in [0, 0.05) is 37.4 Å². The number of fused-ring (bicyclic) bond motifs is 4. The van der Waals surface area contributed by atoms with E-state index in [9.17, 15) is 0 Å². The fourth-order valence-electron chi connectivity index (χ4n) is 5.42. The summed E-state index contributed by atoms with van der Waals surface area (Å²) in [6.45, 7) is 0. The molecule has 0 saturated carbocycles. The van der Waals surface area contributed by atoms with Gasteiger partial charge in [-0.05, 0) is 57.3 Å². The van der Waals surface area contributed by atoms with Crippen LogP contribution in [0.25, 0.3) is 66.0 Å². The molecule has 0 aliphatic heterocycles. The van der Waals surface area contributed by atoms with Gasteiger partial charge in [0.1, 0.15) is 0 Å². The van der Waals surface area contributed by atoms with Gasteiger partial charge in [0.2, 0.25) is 0 Å². The van der Waals surface area contributed by atoms with Crippen LogP contribution in [-0.4, -0.2) is 4.98 Å². The minimum atomic E-state index is 1.10. The molecule has 36 heavy (non-hydrogen) atoms. The normalized spacial score (nSPS) is 11.5. The number of hydrogen-bond acceptors (Lipinski definition) is 0. The van der Waals surface area contributed by atoms with Crippen LogP contribution in [0.2, 0.25) is 0 Å². The molecule has 0 aliphatic carbocycles. The summed E-state index contributed by atoms with van der Waals surface area (Å²) in [5, 5.41) is 4.96. The van der Waals surface area contributed by atoms with Crippen molar-refractivity contribution < 1.29 is 0 Å². The van der Waals surface area contributed by atoms with Crippen molar-refractivity contribution in [1.82, 2.24) is 4.98 Å². The topological polar surface area (TPSA) is 15.8 Å². The Morgan fingerprint density at radius 2 is 1.17 bits per heavy atom. The molecule has 6 aromatic carbocycles. The van der Waals surface area contributed by atoms with Crippen LogP contribution < -0.4 is 0 Å². The van der Waals surface area contributed by atoms with Crippen molar-refractivity contribution in [3.63, 3.8) is 0 Å². The van der Waals surface area contributed by atoms with Crippen molar-refractivity contribution in [1.29, 1.82) is 0 Å². The number of hydrogen-bond donors (Lipinski definition) is 1. The Morgan fingerprint density at radius 1 is 0.472 bits per heavy atom. The fraction of sp³-hybridized carbons (Fsp3) is 0. The first-order valence-corrected chi connectivity index (χ1v) is 12.9. The summed E-state index contributed by atoms with van der Waals surface area (Å²) in [5.41, 5.74) is 9.64. The Bertz CT molecular complexity index is 1880. The van der Waals surface area contributed by atoms with Crippen LogP contribution in [0.15, 0.2) is 132 Å². The van der Waals surface area contributed by atoms with Crippen LogP contribution in [0.4, 0.5) is 0 Å². The number of aromatic amines is 1. The van der Waals surface area contributed by atoms with E-state index >= 15 is 0 Å². The van der Waals surface area contributed by atoms with Crippen molar-refractivity contribution in [3.8, 4) is 33.4 Å². The minimum absolute atomic E-state index is 1.10.